The van der Waals surface area contributed by atoms with Gasteiger partial charge in [0.05, 0.1) is 35.1 Å². The van der Waals surface area contributed by atoms with Crippen LogP contribution in [0.25, 0.3) is 0 Å². The van der Waals surface area contributed by atoms with Crippen molar-refractivity contribution in [3.05, 3.63) is 52.8 Å². The number of benzene rings is 1. The van der Waals surface area contributed by atoms with Crippen LogP contribution in [0.4, 0.5) is 19.1 Å². The molecular formula is C15H13ClF3N3O. The third-order valence-electron chi connectivity index (χ3n) is 3.77. The lowest BCUT2D eigenvalue weighted by Gasteiger charge is -2.26. The van der Waals surface area contributed by atoms with E-state index >= 15 is 0 Å². The summed E-state index contributed by atoms with van der Waals surface area (Å²) in [5.41, 5.74) is -0.604. The van der Waals surface area contributed by atoms with Gasteiger partial charge in [-0.05, 0) is 18.1 Å². The lowest BCUT2D eigenvalue weighted by molar-refractivity contribution is -0.138. The molecule has 2 atom stereocenters. The van der Waals surface area contributed by atoms with Crippen LogP contribution in [0.5, 0.6) is 0 Å². The van der Waals surface area contributed by atoms with Gasteiger partial charge < -0.3 is 10.0 Å². The zero-order valence-corrected chi connectivity index (χ0v) is 12.6. The fraction of sp³-hybridized carbons (Fsp3) is 0.333. The maximum atomic E-state index is 13.3. The highest BCUT2D eigenvalue weighted by Crippen LogP contribution is 2.41. The average Bonchev–Trinajstić information content (AvgIpc) is 2.89. The van der Waals surface area contributed by atoms with Crippen LogP contribution in [-0.4, -0.2) is 27.7 Å². The summed E-state index contributed by atoms with van der Waals surface area (Å²) in [5.74, 6) is 0.243. The molecule has 0 radical (unpaired) electrons. The van der Waals surface area contributed by atoms with Gasteiger partial charge in [0.2, 0.25) is 5.95 Å². The molecule has 122 valence electrons. The maximum absolute atomic E-state index is 13.3. The summed E-state index contributed by atoms with van der Waals surface area (Å²) in [5, 5.41) is 10.3. The molecule has 0 amide bonds. The number of rotatable bonds is 2. The Balaban J connectivity index is 2.02. The predicted molar refractivity (Wildman–Crippen MR) is 79.2 cm³/mol. The zero-order chi connectivity index (χ0) is 16.6. The van der Waals surface area contributed by atoms with Gasteiger partial charge >= 0.3 is 6.18 Å². The first-order valence-electron chi connectivity index (χ1n) is 6.94. The number of aromatic nitrogens is 2. The summed E-state index contributed by atoms with van der Waals surface area (Å²) in [6, 6.07) is 4.72. The van der Waals surface area contributed by atoms with Crippen LogP contribution in [0.3, 0.4) is 0 Å². The summed E-state index contributed by atoms with van der Waals surface area (Å²) in [7, 11) is 0. The number of hydrogen-bond donors (Lipinski definition) is 1. The van der Waals surface area contributed by atoms with Gasteiger partial charge in [0.15, 0.2) is 0 Å². The highest BCUT2D eigenvalue weighted by molar-refractivity contribution is 6.30. The van der Waals surface area contributed by atoms with Crippen LogP contribution in [0.2, 0.25) is 5.02 Å². The maximum Gasteiger partial charge on any atom is 0.416 e. The first-order valence-corrected chi connectivity index (χ1v) is 7.32. The molecule has 2 heterocycles. The van der Waals surface area contributed by atoms with Crippen LogP contribution < -0.4 is 4.90 Å². The molecule has 1 aliphatic rings. The number of halogens is 4. The normalized spacial score (nSPS) is 21.7. The number of β-amino-alcohol motifs (C(OH)–C–C–N with tert-alkyl or cyclic N) is 1. The summed E-state index contributed by atoms with van der Waals surface area (Å²) < 4.78 is 39.8. The molecule has 1 aliphatic heterocycles. The Morgan fingerprint density at radius 3 is 2.48 bits per heavy atom. The Hall–Kier alpha value is -1.86. The third-order valence-corrected chi connectivity index (χ3v) is 3.96. The number of aliphatic hydroxyl groups is 1. The first-order chi connectivity index (χ1) is 10.9. The topological polar surface area (TPSA) is 49.2 Å². The van der Waals surface area contributed by atoms with Crippen LogP contribution >= 0.6 is 11.6 Å². The molecule has 1 aromatic heterocycles. The monoisotopic (exact) mass is 343 g/mol. The predicted octanol–water partition coefficient (Wildman–Crippen LogP) is 3.46. The molecule has 23 heavy (non-hydrogen) atoms. The van der Waals surface area contributed by atoms with Crippen molar-refractivity contribution in [3.8, 4) is 0 Å². The molecule has 0 unspecified atom stereocenters. The van der Waals surface area contributed by atoms with Crippen molar-refractivity contribution in [1.29, 1.82) is 0 Å². The minimum Gasteiger partial charge on any atom is -0.391 e. The Bertz CT molecular complexity index is 693. The van der Waals surface area contributed by atoms with Crippen molar-refractivity contribution in [2.24, 2.45) is 0 Å². The number of aliphatic hydroxyl groups excluding tert-OH is 1. The molecular weight excluding hydrogens is 331 g/mol. The molecule has 1 fully saturated rings. The molecule has 1 saturated heterocycles. The second kappa shape index (κ2) is 5.98. The van der Waals surface area contributed by atoms with Crippen molar-refractivity contribution in [3.63, 3.8) is 0 Å². The van der Waals surface area contributed by atoms with Gasteiger partial charge in [0.1, 0.15) is 0 Å². The van der Waals surface area contributed by atoms with E-state index in [9.17, 15) is 18.3 Å². The molecule has 2 aromatic rings. The summed E-state index contributed by atoms with van der Waals surface area (Å²) in [6.45, 7) is 0.165. The fourth-order valence-corrected chi connectivity index (χ4v) is 2.93. The van der Waals surface area contributed by atoms with Crippen molar-refractivity contribution in [2.45, 2.75) is 24.7 Å². The van der Waals surface area contributed by atoms with Crippen LogP contribution in [0.15, 0.2) is 36.7 Å². The van der Waals surface area contributed by atoms with Crippen LogP contribution in [0, 0.1) is 0 Å². The lowest BCUT2D eigenvalue weighted by Crippen LogP contribution is -2.27. The molecule has 0 saturated carbocycles. The number of alkyl halides is 3. The summed E-state index contributed by atoms with van der Waals surface area (Å²) >= 11 is 5.74. The Kier molecular flexibility index (Phi) is 4.16. The number of hydrogen-bond acceptors (Lipinski definition) is 4. The molecule has 4 nitrogen and oxygen atoms in total. The van der Waals surface area contributed by atoms with E-state index in [1.54, 1.807) is 11.0 Å². The minimum absolute atomic E-state index is 0.107. The number of anilines is 1. The second-order valence-corrected chi connectivity index (χ2v) is 5.78. The Morgan fingerprint density at radius 1 is 1.17 bits per heavy atom. The molecule has 1 N–H and O–H groups in total. The highest BCUT2D eigenvalue weighted by atomic mass is 35.5. The summed E-state index contributed by atoms with van der Waals surface area (Å²) in [4.78, 5) is 9.68. The Labute approximate surface area is 135 Å². The quantitative estimate of drug-likeness (QED) is 0.907. The molecule has 0 bridgehead atoms. The smallest absolute Gasteiger partial charge is 0.391 e. The van der Waals surface area contributed by atoms with E-state index in [0.29, 0.717) is 5.02 Å². The molecule has 8 heteroatoms. The molecule has 0 spiro atoms. The van der Waals surface area contributed by atoms with Gasteiger partial charge in [-0.25, -0.2) is 9.97 Å². The van der Waals surface area contributed by atoms with Gasteiger partial charge in [-0.2, -0.15) is 13.2 Å². The molecule has 0 aliphatic carbocycles. The van der Waals surface area contributed by atoms with E-state index in [0.717, 1.165) is 6.07 Å². The number of nitrogens with zero attached hydrogens (tertiary/aromatic N) is 3. The molecule has 3 rings (SSSR count). The van der Waals surface area contributed by atoms with Gasteiger partial charge in [-0.1, -0.05) is 29.8 Å². The van der Waals surface area contributed by atoms with E-state index in [1.807, 2.05) is 0 Å². The van der Waals surface area contributed by atoms with Crippen molar-refractivity contribution in [1.82, 2.24) is 9.97 Å². The van der Waals surface area contributed by atoms with E-state index in [2.05, 4.69) is 9.97 Å². The highest BCUT2D eigenvalue weighted by Gasteiger charge is 2.40. The fourth-order valence-electron chi connectivity index (χ4n) is 2.83. The summed E-state index contributed by atoms with van der Waals surface area (Å²) in [6.07, 6.45) is -2.28. The standard InChI is InChI=1S/C15H13ClF3N3O/c16-9-6-20-14(21-7-9)22-8-10(23)5-13(22)11-3-1-2-4-12(11)15(17,18)19/h1-4,6-7,10,13,23H,5,8H2/t10-,13+/m0/s1. The average molecular weight is 344 g/mol. The lowest BCUT2D eigenvalue weighted by atomic mass is 9.97. The van der Waals surface area contributed by atoms with E-state index in [1.165, 1.54) is 24.5 Å². The third kappa shape index (κ3) is 3.25. The second-order valence-electron chi connectivity index (χ2n) is 5.34. The van der Waals surface area contributed by atoms with Crippen LogP contribution in [0.1, 0.15) is 23.6 Å². The minimum atomic E-state index is -4.46. The zero-order valence-electron chi connectivity index (χ0n) is 11.8. The van der Waals surface area contributed by atoms with Crippen molar-refractivity contribution < 1.29 is 18.3 Å². The largest absolute Gasteiger partial charge is 0.416 e. The SMILES string of the molecule is O[C@H]1C[C@H](c2ccccc2C(F)(F)F)N(c2ncc(Cl)cn2)C1. The molecule has 1 aromatic carbocycles. The Morgan fingerprint density at radius 2 is 1.83 bits per heavy atom. The van der Waals surface area contributed by atoms with E-state index < -0.39 is 23.9 Å². The van der Waals surface area contributed by atoms with Gasteiger partial charge in [0, 0.05) is 6.54 Å². The first kappa shape index (κ1) is 16.0. The van der Waals surface area contributed by atoms with Gasteiger partial charge in [-0.3, -0.25) is 0 Å². The van der Waals surface area contributed by atoms with Gasteiger partial charge in [0.25, 0.3) is 0 Å². The van der Waals surface area contributed by atoms with Gasteiger partial charge in [-0.15, -0.1) is 0 Å². The van der Waals surface area contributed by atoms with Crippen molar-refractivity contribution in [2.75, 3.05) is 11.4 Å². The van der Waals surface area contributed by atoms with E-state index in [-0.39, 0.29) is 24.5 Å². The van der Waals surface area contributed by atoms with E-state index in [4.69, 9.17) is 11.6 Å². The van der Waals surface area contributed by atoms with Crippen LogP contribution in [-0.2, 0) is 6.18 Å². The van der Waals surface area contributed by atoms with Crippen molar-refractivity contribution >= 4 is 17.5 Å².